The Bertz CT molecular complexity index is 1290. The number of carbonyl (C=O) groups excluding carboxylic acids is 1. The average Bonchev–Trinajstić information content (AvgIpc) is 2.86. The van der Waals surface area contributed by atoms with Crippen molar-refractivity contribution in [3.8, 4) is 5.75 Å². The maximum Gasteiger partial charge on any atom is 0.422 e. The highest BCUT2D eigenvalue weighted by molar-refractivity contribution is 6.32. The van der Waals surface area contributed by atoms with Crippen LogP contribution in [0, 0.1) is 12.3 Å². The molecule has 0 saturated carbocycles. The smallest absolute Gasteiger partial charge is 0.422 e. The quantitative estimate of drug-likeness (QED) is 0.417. The highest BCUT2D eigenvalue weighted by Crippen LogP contribution is 2.44. The number of aromatic nitrogens is 2. The number of hydrogen-bond acceptors (Lipinski definition) is 7. The van der Waals surface area contributed by atoms with Gasteiger partial charge in [0, 0.05) is 53.5 Å². The number of carbonyl (C=O) groups is 1. The first-order chi connectivity index (χ1) is 19.1. The van der Waals surface area contributed by atoms with Crippen molar-refractivity contribution in [1.29, 1.82) is 0 Å². The Labute approximate surface area is 244 Å². The van der Waals surface area contributed by atoms with Crippen LogP contribution in [0.2, 0.25) is 5.02 Å². The number of amides is 1. The molecule has 0 bridgehead atoms. The molecule has 1 amide bonds. The molecule has 0 atom stereocenters. The molecule has 5 rings (SSSR count). The number of fused-ring (bicyclic) bond motifs is 1. The van der Waals surface area contributed by atoms with E-state index in [0.29, 0.717) is 59.3 Å². The highest BCUT2D eigenvalue weighted by atomic mass is 35.5. The van der Waals surface area contributed by atoms with Crippen LogP contribution in [-0.4, -0.2) is 90.6 Å². The summed E-state index contributed by atoms with van der Waals surface area (Å²) in [5.74, 6) is 1.48. The van der Waals surface area contributed by atoms with Crippen molar-refractivity contribution < 1.29 is 27.4 Å². The maximum atomic E-state index is 13.2. The molecule has 1 aromatic heterocycles. The summed E-state index contributed by atoms with van der Waals surface area (Å²) in [6.45, 7) is 10.3. The van der Waals surface area contributed by atoms with E-state index < -0.39 is 18.4 Å². The molecule has 41 heavy (non-hydrogen) atoms. The minimum atomic E-state index is -4.50. The van der Waals surface area contributed by atoms with Gasteiger partial charge in [0.1, 0.15) is 22.8 Å². The fourth-order valence-electron chi connectivity index (χ4n) is 6.05. The van der Waals surface area contributed by atoms with E-state index in [-0.39, 0.29) is 23.2 Å². The molecule has 1 aromatic carbocycles. The molecule has 0 unspecified atom stereocenters. The van der Waals surface area contributed by atoms with E-state index in [9.17, 15) is 18.0 Å². The van der Waals surface area contributed by atoms with E-state index in [0.717, 1.165) is 38.8 Å². The number of likely N-dealkylation sites (tertiary alicyclic amines) is 2. The second-order valence-corrected chi connectivity index (χ2v) is 13.3. The Kier molecular flexibility index (Phi) is 8.00. The predicted octanol–water partition coefficient (Wildman–Crippen LogP) is 6.18. The number of halogens is 4. The van der Waals surface area contributed by atoms with Crippen molar-refractivity contribution in [1.82, 2.24) is 19.8 Å². The highest BCUT2D eigenvalue weighted by Gasteiger charge is 2.48. The van der Waals surface area contributed by atoms with Crippen LogP contribution in [0.15, 0.2) is 6.07 Å². The summed E-state index contributed by atoms with van der Waals surface area (Å²) in [7, 11) is 2.07. The van der Waals surface area contributed by atoms with E-state index in [1.807, 2.05) is 20.8 Å². The molecule has 4 heterocycles. The van der Waals surface area contributed by atoms with Crippen LogP contribution >= 0.6 is 11.6 Å². The van der Waals surface area contributed by atoms with Gasteiger partial charge in [0.05, 0.1) is 0 Å². The lowest BCUT2D eigenvalue weighted by Crippen LogP contribution is -2.62. The fourth-order valence-corrected chi connectivity index (χ4v) is 6.25. The SMILES string of the molecule is Cc1c(Cl)cc2c(N3CCC4(CC3)CN(C(=O)OC(C)(C)C)C4)nc(C3CCN(C)CC3)nc2c1OCC(F)(F)F. The van der Waals surface area contributed by atoms with Gasteiger partial charge in [-0.3, -0.25) is 0 Å². The van der Waals surface area contributed by atoms with Crippen LogP contribution in [0.3, 0.4) is 0 Å². The van der Waals surface area contributed by atoms with Crippen LogP contribution in [0.4, 0.5) is 23.8 Å². The number of rotatable bonds is 4. The summed E-state index contributed by atoms with van der Waals surface area (Å²) in [6, 6.07) is 1.75. The molecule has 3 aliphatic heterocycles. The molecule has 3 fully saturated rings. The number of piperidine rings is 2. The summed E-state index contributed by atoms with van der Waals surface area (Å²) < 4.78 is 50.4. The number of ether oxygens (including phenoxy) is 2. The lowest BCUT2D eigenvalue weighted by atomic mass is 9.72. The van der Waals surface area contributed by atoms with Crippen molar-refractivity contribution in [2.45, 2.75) is 71.1 Å². The summed E-state index contributed by atoms with van der Waals surface area (Å²) in [5.41, 5.74) is 0.291. The molecule has 0 aliphatic carbocycles. The largest absolute Gasteiger partial charge is 0.481 e. The number of benzene rings is 1. The Morgan fingerprint density at radius 3 is 2.32 bits per heavy atom. The average molecular weight is 598 g/mol. The monoisotopic (exact) mass is 597 g/mol. The molecule has 8 nitrogen and oxygen atoms in total. The van der Waals surface area contributed by atoms with Crippen molar-refractivity contribution in [2.24, 2.45) is 5.41 Å². The molecular formula is C29H39ClF3N5O3. The molecule has 3 aliphatic rings. The van der Waals surface area contributed by atoms with Gasteiger partial charge in [-0.25, -0.2) is 14.8 Å². The van der Waals surface area contributed by atoms with Gasteiger partial charge in [0.15, 0.2) is 12.4 Å². The van der Waals surface area contributed by atoms with Gasteiger partial charge >= 0.3 is 12.3 Å². The van der Waals surface area contributed by atoms with Crippen molar-refractivity contribution in [2.75, 3.05) is 57.8 Å². The molecule has 12 heteroatoms. The minimum Gasteiger partial charge on any atom is -0.481 e. The van der Waals surface area contributed by atoms with Gasteiger partial charge in [-0.15, -0.1) is 0 Å². The van der Waals surface area contributed by atoms with E-state index in [1.165, 1.54) is 0 Å². The standard InChI is InChI=1S/C29H39ClF3N5O3/c1-18-21(30)14-20-22(23(18)40-17-29(31,32)33)34-24(19-6-10-36(5)11-7-19)35-25(20)37-12-8-28(9-13-37)15-38(16-28)26(39)41-27(2,3)4/h14,19H,6-13,15-17H2,1-5H3. The van der Waals surface area contributed by atoms with Crippen LogP contribution < -0.4 is 9.64 Å². The molecule has 3 saturated heterocycles. The third-order valence-corrected chi connectivity index (χ3v) is 8.81. The Morgan fingerprint density at radius 2 is 1.73 bits per heavy atom. The molecule has 0 radical (unpaired) electrons. The number of alkyl halides is 3. The number of hydrogen-bond donors (Lipinski definition) is 0. The first-order valence-electron chi connectivity index (χ1n) is 14.2. The minimum absolute atomic E-state index is 0.0300. The van der Waals surface area contributed by atoms with E-state index in [4.69, 9.17) is 31.0 Å². The van der Waals surface area contributed by atoms with Crippen molar-refractivity contribution in [3.63, 3.8) is 0 Å². The fraction of sp³-hybridized carbons (Fsp3) is 0.690. The molecule has 1 spiro atoms. The molecule has 2 aromatic rings. The topological polar surface area (TPSA) is 71.0 Å². The number of nitrogens with zero attached hydrogens (tertiary/aromatic N) is 5. The van der Waals surface area contributed by atoms with Crippen molar-refractivity contribution in [3.05, 3.63) is 22.5 Å². The zero-order valence-electron chi connectivity index (χ0n) is 24.4. The first-order valence-corrected chi connectivity index (χ1v) is 14.6. The van der Waals surface area contributed by atoms with E-state index in [2.05, 4.69) is 16.8 Å². The van der Waals surface area contributed by atoms with Gasteiger partial charge in [0.25, 0.3) is 0 Å². The third-order valence-electron chi connectivity index (χ3n) is 8.42. The first kappa shape index (κ1) is 29.9. The molecule has 226 valence electrons. The van der Waals surface area contributed by atoms with Gasteiger partial charge in [-0.05, 0) is 79.6 Å². The Morgan fingerprint density at radius 1 is 1.10 bits per heavy atom. The summed E-state index contributed by atoms with van der Waals surface area (Å²) in [5, 5.41) is 0.904. The normalized spacial score (nSPS) is 20.4. The zero-order valence-corrected chi connectivity index (χ0v) is 25.2. The second kappa shape index (κ2) is 10.9. The lowest BCUT2D eigenvalue weighted by molar-refractivity contribution is -0.153. The molecule has 0 N–H and O–H groups in total. The van der Waals surface area contributed by atoms with Crippen LogP contribution in [-0.2, 0) is 4.74 Å². The lowest BCUT2D eigenvalue weighted by Gasteiger charge is -2.53. The van der Waals surface area contributed by atoms with E-state index in [1.54, 1.807) is 17.9 Å². The van der Waals surface area contributed by atoms with E-state index >= 15 is 0 Å². The van der Waals surface area contributed by atoms with Crippen molar-refractivity contribution >= 4 is 34.4 Å². The molecular weight excluding hydrogens is 559 g/mol. The van der Waals surface area contributed by atoms with Gasteiger partial charge in [0.2, 0.25) is 0 Å². The summed E-state index contributed by atoms with van der Waals surface area (Å²) in [6.07, 6.45) is -1.32. The summed E-state index contributed by atoms with van der Waals surface area (Å²) >= 11 is 6.54. The van der Waals surface area contributed by atoms with Crippen LogP contribution in [0.5, 0.6) is 5.75 Å². The predicted molar refractivity (Wildman–Crippen MR) is 152 cm³/mol. The van der Waals surface area contributed by atoms with Gasteiger partial charge in [-0.1, -0.05) is 11.6 Å². The second-order valence-electron chi connectivity index (χ2n) is 12.9. The summed E-state index contributed by atoms with van der Waals surface area (Å²) in [4.78, 5) is 28.6. The van der Waals surface area contributed by atoms with Crippen LogP contribution in [0.25, 0.3) is 10.9 Å². The van der Waals surface area contributed by atoms with Crippen LogP contribution in [0.1, 0.15) is 63.8 Å². The van der Waals surface area contributed by atoms with Gasteiger partial charge < -0.3 is 24.2 Å². The third kappa shape index (κ3) is 6.61. The Balaban J connectivity index is 1.44. The Hall–Kier alpha value is -2.53. The van der Waals surface area contributed by atoms with Gasteiger partial charge in [-0.2, -0.15) is 13.2 Å². The zero-order chi connectivity index (χ0) is 29.7. The maximum absolute atomic E-state index is 13.2. The number of anilines is 1.